The average Bonchev–Trinajstić information content (AvgIpc) is 2.20. The molecule has 0 heterocycles. The Morgan fingerprint density at radius 1 is 1.06 bits per heavy atom. The second-order valence-electron chi connectivity index (χ2n) is 7.85. The molecular formula is C15H25NO2. The van der Waals surface area contributed by atoms with E-state index in [2.05, 4.69) is 26.1 Å². The minimum Gasteiger partial charge on any atom is -0.480 e. The van der Waals surface area contributed by atoms with Crippen LogP contribution in [0.3, 0.4) is 0 Å². The number of hydrogen-bond acceptors (Lipinski definition) is 2. The first-order valence-electron chi connectivity index (χ1n) is 7.34. The molecule has 4 saturated carbocycles. The predicted molar refractivity (Wildman–Crippen MR) is 70.3 cm³/mol. The summed E-state index contributed by atoms with van der Waals surface area (Å²) < 4.78 is 0. The van der Waals surface area contributed by atoms with E-state index >= 15 is 0 Å². The van der Waals surface area contributed by atoms with E-state index in [1.165, 1.54) is 6.42 Å². The Hall–Kier alpha value is -0.570. The van der Waals surface area contributed by atoms with Gasteiger partial charge in [-0.15, -0.1) is 0 Å². The predicted octanol–water partition coefficient (Wildman–Crippen LogP) is 2.65. The molecule has 0 aromatic heterocycles. The molecule has 0 aromatic carbocycles. The maximum atomic E-state index is 12.0. The van der Waals surface area contributed by atoms with Crippen LogP contribution in [0.4, 0.5) is 0 Å². The van der Waals surface area contributed by atoms with Crippen molar-refractivity contribution in [1.29, 1.82) is 0 Å². The zero-order valence-electron chi connectivity index (χ0n) is 11.7. The quantitative estimate of drug-likeness (QED) is 0.793. The molecular weight excluding hydrogens is 226 g/mol. The molecule has 2 N–H and O–H groups in total. The normalized spacial score (nSPS) is 46.4. The van der Waals surface area contributed by atoms with Crippen molar-refractivity contribution in [2.75, 3.05) is 0 Å². The zero-order valence-corrected chi connectivity index (χ0v) is 11.7. The molecule has 4 bridgehead atoms. The van der Waals surface area contributed by atoms with E-state index in [0.717, 1.165) is 37.5 Å². The van der Waals surface area contributed by atoms with Gasteiger partial charge >= 0.3 is 5.97 Å². The molecule has 3 heteroatoms. The van der Waals surface area contributed by atoms with Crippen LogP contribution in [0.15, 0.2) is 0 Å². The summed E-state index contributed by atoms with van der Waals surface area (Å²) >= 11 is 0. The highest BCUT2D eigenvalue weighted by Gasteiger charge is 2.62. The third kappa shape index (κ3) is 1.70. The van der Waals surface area contributed by atoms with Crippen LogP contribution in [0.1, 0.15) is 52.9 Å². The van der Waals surface area contributed by atoms with Crippen LogP contribution < -0.4 is 5.32 Å². The molecule has 4 aliphatic carbocycles. The van der Waals surface area contributed by atoms with Crippen molar-refractivity contribution in [3.63, 3.8) is 0 Å². The minimum atomic E-state index is -0.647. The molecule has 0 radical (unpaired) electrons. The van der Waals surface area contributed by atoms with E-state index in [9.17, 15) is 9.90 Å². The second-order valence-corrected chi connectivity index (χ2v) is 7.85. The summed E-state index contributed by atoms with van der Waals surface area (Å²) in [7, 11) is 0. The number of aliphatic carboxylic acids is 1. The topological polar surface area (TPSA) is 49.3 Å². The maximum absolute atomic E-state index is 12.0. The van der Waals surface area contributed by atoms with E-state index in [-0.39, 0.29) is 5.54 Å². The summed E-state index contributed by atoms with van der Waals surface area (Å²) in [5.41, 5.74) is -0.778. The number of carboxylic acids is 1. The molecule has 0 saturated heterocycles. The van der Waals surface area contributed by atoms with Crippen LogP contribution in [0.25, 0.3) is 0 Å². The van der Waals surface area contributed by atoms with Gasteiger partial charge in [0.25, 0.3) is 0 Å². The van der Waals surface area contributed by atoms with Gasteiger partial charge in [-0.25, -0.2) is 0 Å². The first-order chi connectivity index (χ1) is 8.31. The molecule has 18 heavy (non-hydrogen) atoms. The molecule has 0 atom stereocenters. The van der Waals surface area contributed by atoms with Crippen molar-refractivity contribution in [1.82, 2.24) is 5.32 Å². The molecule has 3 nitrogen and oxygen atoms in total. The number of hydrogen-bond donors (Lipinski definition) is 2. The first-order valence-corrected chi connectivity index (χ1v) is 7.34. The van der Waals surface area contributed by atoms with Crippen LogP contribution in [-0.2, 0) is 4.79 Å². The number of nitrogens with one attached hydrogen (secondary N) is 1. The molecule has 0 aromatic rings. The van der Waals surface area contributed by atoms with Crippen LogP contribution in [0.2, 0.25) is 0 Å². The summed E-state index contributed by atoms with van der Waals surface area (Å²) in [6.07, 6.45) is 5.87. The largest absolute Gasteiger partial charge is 0.480 e. The first kappa shape index (κ1) is 12.5. The van der Waals surface area contributed by atoms with E-state index in [1.807, 2.05) is 0 Å². The monoisotopic (exact) mass is 251 g/mol. The van der Waals surface area contributed by atoms with Gasteiger partial charge in [-0.05, 0) is 76.5 Å². The average molecular weight is 251 g/mol. The van der Waals surface area contributed by atoms with Crippen molar-refractivity contribution in [2.24, 2.45) is 23.7 Å². The van der Waals surface area contributed by atoms with Crippen LogP contribution in [0, 0.1) is 23.7 Å². The molecule has 0 unspecified atom stereocenters. The van der Waals surface area contributed by atoms with Crippen LogP contribution in [-0.4, -0.2) is 22.2 Å². The molecule has 4 aliphatic rings. The third-order valence-corrected chi connectivity index (χ3v) is 5.36. The van der Waals surface area contributed by atoms with Crippen molar-refractivity contribution < 1.29 is 9.90 Å². The van der Waals surface area contributed by atoms with Crippen molar-refractivity contribution in [3.05, 3.63) is 0 Å². The highest BCUT2D eigenvalue weighted by molar-refractivity contribution is 5.80. The van der Waals surface area contributed by atoms with Gasteiger partial charge in [-0.3, -0.25) is 10.1 Å². The second kappa shape index (κ2) is 3.72. The summed E-state index contributed by atoms with van der Waals surface area (Å²) in [5, 5.41) is 13.4. The number of carboxylic acid groups (broad SMARTS) is 1. The lowest BCUT2D eigenvalue weighted by atomic mass is 9.48. The summed E-state index contributed by atoms with van der Waals surface area (Å²) in [6.45, 7) is 6.26. The van der Waals surface area contributed by atoms with Gasteiger partial charge in [0.05, 0.1) is 0 Å². The van der Waals surface area contributed by atoms with Gasteiger partial charge in [0.1, 0.15) is 5.54 Å². The number of carbonyl (C=O) groups is 1. The lowest BCUT2D eigenvalue weighted by Gasteiger charge is -2.60. The van der Waals surface area contributed by atoms with E-state index in [0.29, 0.717) is 11.8 Å². The fraction of sp³-hybridized carbons (Fsp3) is 0.933. The number of rotatable bonds is 2. The van der Waals surface area contributed by atoms with Crippen molar-refractivity contribution >= 4 is 5.97 Å². The third-order valence-electron chi connectivity index (χ3n) is 5.36. The van der Waals surface area contributed by atoms with Gasteiger partial charge in [0, 0.05) is 5.54 Å². The van der Waals surface area contributed by atoms with Gasteiger partial charge in [0.2, 0.25) is 0 Å². The lowest BCUT2D eigenvalue weighted by Crippen LogP contribution is -2.72. The Balaban J connectivity index is 1.97. The lowest BCUT2D eigenvalue weighted by molar-refractivity contribution is -0.167. The SMILES string of the molecule is CC(C)(C)NC1(C(=O)O)C2CC3CC(C2)CC1C3. The van der Waals surface area contributed by atoms with E-state index in [4.69, 9.17) is 0 Å². The minimum absolute atomic E-state index is 0.131. The van der Waals surface area contributed by atoms with Gasteiger partial charge < -0.3 is 5.11 Å². The van der Waals surface area contributed by atoms with Gasteiger partial charge in [-0.1, -0.05) is 0 Å². The Morgan fingerprint density at radius 2 is 1.50 bits per heavy atom. The molecule has 0 aliphatic heterocycles. The van der Waals surface area contributed by atoms with Crippen LogP contribution in [0.5, 0.6) is 0 Å². The van der Waals surface area contributed by atoms with Crippen LogP contribution >= 0.6 is 0 Å². The van der Waals surface area contributed by atoms with E-state index in [1.54, 1.807) is 0 Å². The molecule has 4 rings (SSSR count). The van der Waals surface area contributed by atoms with Crippen molar-refractivity contribution in [3.8, 4) is 0 Å². The molecule has 0 spiro atoms. The summed E-state index contributed by atoms with van der Waals surface area (Å²) in [6, 6.07) is 0. The highest BCUT2D eigenvalue weighted by atomic mass is 16.4. The Morgan fingerprint density at radius 3 is 1.83 bits per heavy atom. The van der Waals surface area contributed by atoms with Gasteiger partial charge in [0.15, 0.2) is 0 Å². The molecule has 102 valence electrons. The molecule has 4 fully saturated rings. The smallest absolute Gasteiger partial charge is 0.324 e. The Kier molecular flexibility index (Phi) is 2.58. The highest BCUT2D eigenvalue weighted by Crippen LogP contribution is 2.58. The van der Waals surface area contributed by atoms with Gasteiger partial charge in [-0.2, -0.15) is 0 Å². The fourth-order valence-corrected chi connectivity index (χ4v) is 5.15. The standard InChI is InChI=1S/C15H25NO2/c1-14(2,3)16-15(13(17)18)11-5-9-4-10(7-11)8-12(15)6-9/h9-12,16H,4-8H2,1-3H3,(H,17,18). The maximum Gasteiger partial charge on any atom is 0.324 e. The zero-order chi connectivity index (χ0) is 13.1. The van der Waals surface area contributed by atoms with E-state index < -0.39 is 11.5 Å². The Bertz CT molecular complexity index is 341. The summed E-state index contributed by atoms with van der Waals surface area (Å²) in [5.74, 6) is 1.71. The fourth-order valence-electron chi connectivity index (χ4n) is 5.15. The van der Waals surface area contributed by atoms with Crippen molar-refractivity contribution in [2.45, 2.75) is 64.0 Å². The Labute approximate surface area is 109 Å². The molecule has 0 amide bonds. The summed E-state index contributed by atoms with van der Waals surface area (Å²) in [4.78, 5) is 12.0.